The fraction of sp³-hybridized carbons (Fsp3) is 0.587. The number of likely N-dealkylation sites (tertiary alicyclic amines) is 1. The van der Waals surface area contributed by atoms with Crippen molar-refractivity contribution in [3.05, 3.63) is 57.8 Å². The number of benzene rings is 1. The normalized spacial score (nSPS) is 23.1. The smallest absolute Gasteiger partial charge is 0.264 e. The molecular formula is C46H69N11O9S2. The summed E-state index contributed by atoms with van der Waals surface area (Å²) in [5.41, 5.74) is 15.2. The molecule has 2 aliphatic rings. The molecule has 0 saturated carbocycles. The number of nitrogens with two attached hydrogens (primary N) is 2. The van der Waals surface area contributed by atoms with Crippen molar-refractivity contribution in [2.75, 3.05) is 31.2 Å². The van der Waals surface area contributed by atoms with Gasteiger partial charge in [-0.2, -0.15) is 11.8 Å². The Morgan fingerprint density at radius 2 is 1.60 bits per heavy atom. The Kier molecular flexibility index (Phi) is 22.0. The van der Waals surface area contributed by atoms with Crippen LogP contribution in [0.5, 0.6) is 0 Å². The van der Waals surface area contributed by atoms with Crippen LogP contribution in [0.15, 0.2) is 46.8 Å². The molecule has 68 heavy (non-hydrogen) atoms. The largest absolute Gasteiger partial charge is 0.394 e. The Hall–Kier alpha value is -5.74. The quantitative estimate of drug-likeness (QED) is 0.0648. The molecule has 11 N–H and O–H groups in total. The van der Waals surface area contributed by atoms with E-state index in [4.69, 9.17) is 11.5 Å². The number of aliphatic hydroxyl groups excluding tert-OH is 1. The number of aliphatic imine (C=N–C) groups is 1. The molecule has 1 aromatic carbocycles. The van der Waals surface area contributed by atoms with Crippen molar-refractivity contribution in [2.24, 2.45) is 22.4 Å². The van der Waals surface area contributed by atoms with Crippen LogP contribution in [-0.4, -0.2) is 142 Å². The van der Waals surface area contributed by atoms with Crippen molar-refractivity contribution in [2.45, 2.75) is 135 Å². The van der Waals surface area contributed by atoms with Crippen LogP contribution < -0.4 is 43.5 Å². The lowest BCUT2D eigenvalue weighted by Gasteiger charge is -2.36. The fourth-order valence-corrected chi connectivity index (χ4v) is 9.67. The molecule has 2 saturated heterocycles. The van der Waals surface area contributed by atoms with Crippen LogP contribution in [0.4, 0.5) is 0 Å². The third-order valence-electron chi connectivity index (χ3n) is 11.6. The molecule has 0 spiro atoms. The van der Waals surface area contributed by atoms with Gasteiger partial charge in [0.25, 0.3) is 5.91 Å². The van der Waals surface area contributed by atoms with Gasteiger partial charge in [0.15, 0.2) is 5.96 Å². The molecular weight excluding hydrogens is 915 g/mol. The summed E-state index contributed by atoms with van der Waals surface area (Å²) in [5.74, 6) is -5.50. The minimum absolute atomic E-state index is 0.0108. The van der Waals surface area contributed by atoms with Gasteiger partial charge in [-0.05, 0) is 79.7 Å². The molecule has 0 radical (unpaired) electrons. The highest BCUT2D eigenvalue weighted by atomic mass is 32.2. The number of aryl methyl sites for hydroxylation is 1. The van der Waals surface area contributed by atoms with Crippen molar-refractivity contribution >= 4 is 76.3 Å². The van der Waals surface area contributed by atoms with Gasteiger partial charge < -0.3 is 48.1 Å². The molecule has 22 heteroatoms. The summed E-state index contributed by atoms with van der Waals surface area (Å²) in [6.45, 7) is 8.04. The zero-order chi connectivity index (χ0) is 49.9. The van der Waals surface area contributed by atoms with Gasteiger partial charge in [0, 0.05) is 49.9 Å². The average molecular weight is 984 g/mol. The van der Waals surface area contributed by atoms with Crippen molar-refractivity contribution in [1.29, 1.82) is 0 Å². The number of thioether (sulfide) groups is 1. The van der Waals surface area contributed by atoms with Crippen LogP contribution in [0.2, 0.25) is 0 Å². The van der Waals surface area contributed by atoms with Gasteiger partial charge in [0.2, 0.25) is 41.4 Å². The van der Waals surface area contributed by atoms with Gasteiger partial charge in [-0.25, -0.2) is 5.01 Å². The Labute approximate surface area is 406 Å². The zero-order valence-electron chi connectivity index (χ0n) is 39.6. The number of nitrogens with one attached hydrogen (secondary N) is 6. The molecule has 3 heterocycles. The molecule has 2 aromatic rings. The number of aliphatic hydroxyl groups is 1. The van der Waals surface area contributed by atoms with E-state index in [2.05, 4.69) is 37.0 Å². The van der Waals surface area contributed by atoms with Gasteiger partial charge in [0.1, 0.15) is 36.3 Å². The van der Waals surface area contributed by atoms with Crippen molar-refractivity contribution < 1.29 is 43.5 Å². The molecule has 4 rings (SSSR count). The van der Waals surface area contributed by atoms with Gasteiger partial charge in [-0.15, -0.1) is 11.3 Å². The lowest BCUT2D eigenvalue weighted by Crippen LogP contribution is -2.64. The maximum Gasteiger partial charge on any atom is 0.264 e. The molecule has 7 atom stereocenters. The molecule has 2 aliphatic heterocycles. The molecule has 8 amide bonds. The predicted octanol–water partition coefficient (Wildman–Crippen LogP) is 0.00780. The summed E-state index contributed by atoms with van der Waals surface area (Å²) in [4.78, 5) is 118. The van der Waals surface area contributed by atoms with Crippen LogP contribution in [0.1, 0.15) is 89.1 Å². The first-order chi connectivity index (χ1) is 32.4. The SMILES string of the molecule is CCc1ccc(C[C@@H]2NC(=O)CCCSC[C@@H](C(=O)N3CCC[C@H]3C(=O)N[C@H](CO)CCCN=C(N)N)N(NC(C)=O)C(=O)[C@H](C)NC(=O)[C@@H](C(C)C)NC(=O)[C@H](Cc3cccs3)NC2=O)cc1. The Morgan fingerprint density at radius 1 is 0.912 bits per heavy atom. The lowest BCUT2D eigenvalue weighted by molar-refractivity contribution is -0.154. The molecule has 0 bridgehead atoms. The van der Waals surface area contributed by atoms with Crippen LogP contribution in [0.25, 0.3) is 0 Å². The van der Waals surface area contributed by atoms with E-state index in [1.807, 2.05) is 48.7 Å². The predicted molar refractivity (Wildman–Crippen MR) is 260 cm³/mol. The van der Waals surface area contributed by atoms with Gasteiger partial charge in [-0.3, -0.25) is 48.8 Å². The lowest BCUT2D eigenvalue weighted by atomic mass is 10.0. The summed E-state index contributed by atoms with van der Waals surface area (Å²) < 4.78 is 0. The number of carbonyl (C=O) groups excluding carboxylic acids is 8. The van der Waals surface area contributed by atoms with Gasteiger partial charge in [-0.1, -0.05) is 51.1 Å². The number of guanidine groups is 1. The van der Waals surface area contributed by atoms with Gasteiger partial charge >= 0.3 is 0 Å². The summed E-state index contributed by atoms with van der Waals surface area (Å²) in [6.07, 6.45) is 2.86. The van der Waals surface area contributed by atoms with Crippen LogP contribution in [-0.2, 0) is 57.6 Å². The number of amides is 8. The Morgan fingerprint density at radius 3 is 2.24 bits per heavy atom. The summed E-state index contributed by atoms with van der Waals surface area (Å²) in [6, 6.07) is 3.52. The number of carbonyl (C=O) groups is 8. The first-order valence-electron chi connectivity index (χ1n) is 23.2. The van der Waals surface area contributed by atoms with Crippen molar-refractivity contribution in [1.82, 2.24) is 41.9 Å². The first-order valence-corrected chi connectivity index (χ1v) is 25.2. The molecule has 0 unspecified atom stereocenters. The number of nitrogens with zero attached hydrogens (tertiary/aromatic N) is 3. The zero-order valence-corrected chi connectivity index (χ0v) is 41.2. The molecule has 2 fully saturated rings. The summed E-state index contributed by atoms with van der Waals surface area (Å²) >= 11 is 2.62. The topological polar surface area (TPSA) is 300 Å². The van der Waals surface area contributed by atoms with E-state index in [0.717, 1.165) is 27.4 Å². The second kappa shape index (κ2) is 27.3. The summed E-state index contributed by atoms with van der Waals surface area (Å²) in [7, 11) is 0. The second-order valence-corrected chi connectivity index (χ2v) is 19.6. The Bertz CT molecular complexity index is 2070. The van der Waals surface area contributed by atoms with Crippen molar-refractivity contribution in [3.63, 3.8) is 0 Å². The van der Waals surface area contributed by atoms with Gasteiger partial charge in [0.05, 0.1) is 12.6 Å². The Balaban J connectivity index is 1.67. The number of hydrogen-bond donors (Lipinski definition) is 9. The second-order valence-electron chi connectivity index (χ2n) is 17.4. The molecule has 374 valence electrons. The molecule has 1 aromatic heterocycles. The maximum atomic E-state index is 14.7. The summed E-state index contributed by atoms with van der Waals surface area (Å²) in [5, 5.41) is 26.7. The van der Waals surface area contributed by atoms with E-state index < -0.39 is 95.5 Å². The highest BCUT2D eigenvalue weighted by molar-refractivity contribution is 7.99. The van der Waals surface area contributed by atoms with E-state index in [1.54, 1.807) is 13.8 Å². The monoisotopic (exact) mass is 983 g/mol. The molecule has 20 nitrogen and oxygen atoms in total. The number of thiophene rings is 1. The highest BCUT2D eigenvalue weighted by Crippen LogP contribution is 2.23. The van der Waals surface area contributed by atoms with Crippen molar-refractivity contribution in [3.8, 4) is 0 Å². The average Bonchev–Trinajstić information content (AvgIpc) is 4.02. The number of hydrazine groups is 1. The molecule has 0 aliphatic carbocycles. The standard InChI is InChI=1S/C46H69N11O9S2/c1-6-30-15-17-31(18-16-30)23-34-40(61)53-35(24-33-12-9-22-68-33)41(62)54-39(27(2)3)43(64)50-28(4)44(65)57(55-29(5)59)37(26-67-21-10-14-38(60)52-34)45(66)56-20-8-13-36(56)42(63)51-32(25-58)11-7-19-49-46(47)48/h9,12,15-18,22,27-28,32,34-37,39,58H,6-8,10-11,13-14,19-21,23-26H2,1-5H3,(H,50,64)(H,51,63)(H,52,60)(H,53,61)(H,54,62)(H,55,59)(H4,47,48,49)/t28-,32-,34-,35-,36-,37-,39+/m0/s1. The minimum Gasteiger partial charge on any atom is -0.394 e. The van der Waals surface area contributed by atoms with E-state index in [1.165, 1.54) is 41.8 Å². The maximum absolute atomic E-state index is 14.7. The third-order valence-corrected chi connectivity index (χ3v) is 13.6. The first kappa shape index (κ1) is 54.9. The van der Waals surface area contributed by atoms with Crippen LogP contribution >= 0.6 is 23.1 Å². The number of hydrogen-bond acceptors (Lipinski definition) is 12. The number of rotatable bonds is 15. The highest BCUT2D eigenvalue weighted by Gasteiger charge is 2.43. The van der Waals surface area contributed by atoms with E-state index in [9.17, 15) is 43.5 Å². The minimum atomic E-state index is -1.39. The van der Waals surface area contributed by atoms with E-state index in [-0.39, 0.29) is 57.1 Å². The van der Waals surface area contributed by atoms with Crippen LogP contribution in [0.3, 0.4) is 0 Å². The van der Waals surface area contributed by atoms with E-state index in [0.29, 0.717) is 31.4 Å². The van der Waals surface area contributed by atoms with E-state index >= 15 is 0 Å². The third kappa shape index (κ3) is 16.8. The van der Waals surface area contributed by atoms with Crippen LogP contribution in [0, 0.1) is 5.92 Å². The fourth-order valence-electron chi connectivity index (χ4n) is 7.89.